The van der Waals surface area contributed by atoms with Crippen molar-refractivity contribution >= 4 is 40.1 Å². The maximum Gasteiger partial charge on any atom is 0.343 e. The average Bonchev–Trinajstić information content (AvgIpc) is 2.74. The third-order valence-electron chi connectivity index (χ3n) is 4.38. The predicted molar refractivity (Wildman–Crippen MR) is 115 cm³/mol. The molecule has 3 aromatic rings. The third-order valence-corrected chi connectivity index (χ3v) is 4.64. The molecule has 0 saturated heterocycles. The first-order valence-corrected chi connectivity index (χ1v) is 9.83. The number of hydrogen-bond donors (Lipinski definition) is 1. The van der Waals surface area contributed by atoms with E-state index in [0.717, 1.165) is 0 Å². The average molecular weight is 429 g/mol. The van der Waals surface area contributed by atoms with E-state index in [4.69, 9.17) is 21.1 Å². The van der Waals surface area contributed by atoms with Crippen molar-refractivity contribution in [2.75, 3.05) is 18.5 Å². The number of carbonyl (C=O) groups excluding carboxylic acids is 2. The van der Waals surface area contributed by atoms with E-state index in [-0.39, 0.29) is 24.7 Å². The van der Waals surface area contributed by atoms with Crippen molar-refractivity contribution in [1.82, 2.24) is 4.57 Å². The number of nitrogens with zero attached hydrogens (tertiary/aromatic N) is 1. The lowest BCUT2D eigenvalue weighted by Gasteiger charge is -2.13. The van der Waals surface area contributed by atoms with Crippen LogP contribution in [-0.2, 0) is 16.1 Å². The van der Waals surface area contributed by atoms with Gasteiger partial charge >= 0.3 is 5.97 Å². The molecule has 0 bridgehead atoms. The molecule has 0 fully saturated rings. The minimum absolute atomic E-state index is 0.0410. The van der Waals surface area contributed by atoms with Crippen LogP contribution in [0.5, 0.6) is 5.75 Å². The highest BCUT2D eigenvalue weighted by atomic mass is 35.5. The molecule has 1 aromatic heterocycles. The molecule has 0 aliphatic rings. The second-order valence-corrected chi connectivity index (χ2v) is 6.84. The van der Waals surface area contributed by atoms with Crippen molar-refractivity contribution in [3.8, 4) is 5.75 Å². The van der Waals surface area contributed by atoms with Crippen LogP contribution >= 0.6 is 11.6 Å². The van der Waals surface area contributed by atoms with Gasteiger partial charge in [0.25, 0.3) is 5.91 Å². The van der Waals surface area contributed by atoms with Gasteiger partial charge in [-0.15, -0.1) is 0 Å². The van der Waals surface area contributed by atoms with Gasteiger partial charge in [-0.25, -0.2) is 4.79 Å². The van der Waals surface area contributed by atoms with Crippen LogP contribution in [-0.4, -0.2) is 29.7 Å². The van der Waals surface area contributed by atoms with Gasteiger partial charge in [0.05, 0.1) is 12.1 Å². The highest BCUT2D eigenvalue weighted by molar-refractivity contribution is 6.30. The SMILES string of the molecule is CCOC(=O)c1cn(CC)c2ccc(NC(=O)COc3ccc(Cl)cc3)cc2c1=O. The predicted octanol–water partition coefficient (Wildman–Crippen LogP) is 3.87. The molecule has 1 heterocycles. The molecule has 0 unspecified atom stereocenters. The number of rotatable bonds is 7. The summed E-state index contributed by atoms with van der Waals surface area (Å²) in [5.41, 5.74) is 0.598. The number of hydrogen-bond acceptors (Lipinski definition) is 5. The zero-order valence-corrected chi connectivity index (χ0v) is 17.4. The summed E-state index contributed by atoms with van der Waals surface area (Å²) in [5, 5.41) is 3.59. The molecule has 0 aliphatic heterocycles. The molecule has 1 N–H and O–H groups in total. The van der Waals surface area contributed by atoms with E-state index in [0.29, 0.717) is 33.9 Å². The summed E-state index contributed by atoms with van der Waals surface area (Å²) in [6.45, 7) is 4.11. The van der Waals surface area contributed by atoms with Crippen molar-refractivity contribution in [2.24, 2.45) is 0 Å². The van der Waals surface area contributed by atoms with Crippen LogP contribution in [0.25, 0.3) is 10.9 Å². The Bertz CT molecular complexity index is 1140. The standard InChI is InChI=1S/C22H21ClN2O5/c1-3-25-12-18(22(28)29-4-2)21(27)17-11-15(7-10-19(17)25)24-20(26)13-30-16-8-5-14(23)6-9-16/h5-12H,3-4,13H2,1-2H3,(H,24,26). The summed E-state index contributed by atoms with van der Waals surface area (Å²) >= 11 is 5.82. The fraction of sp³-hybridized carbons (Fsp3) is 0.227. The Morgan fingerprint density at radius 3 is 2.50 bits per heavy atom. The van der Waals surface area contributed by atoms with E-state index < -0.39 is 11.4 Å². The molecule has 0 spiro atoms. The summed E-state index contributed by atoms with van der Waals surface area (Å²) in [6.07, 6.45) is 1.50. The van der Waals surface area contributed by atoms with Crippen LogP contribution in [0.1, 0.15) is 24.2 Å². The summed E-state index contributed by atoms with van der Waals surface area (Å²) in [4.78, 5) is 37.2. The van der Waals surface area contributed by atoms with Gasteiger partial charge < -0.3 is 19.4 Å². The van der Waals surface area contributed by atoms with E-state index in [1.165, 1.54) is 6.20 Å². The second-order valence-electron chi connectivity index (χ2n) is 6.40. The zero-order chi connectivity index (χ0) is 21.7. The van der Waals surface area contributed by atoms with Crippen LogP contribution in [0.2, 0.25) is 5.02 Å². The van der Waals surface area contributed by atoms with E-state index >= 15 is 0 Å². The summed E-state index contributed by atoms with van der Waals surface area (Å²) in [6, 6.07) is 11.6. The molecular formula is C22H21ClN2O5. The molecule has 2 aromatic carbocycles. The number of pyridine rings is 1. The number of anilines is 1. The number of aryl methyl sites for hydroxylation is 1. The van der Waals surface area contributed by atoms with E-state index in [9.17, 15) is 14.4 Å². The Morgan fingerprint density at radius 2 is 1.83 bits per heavy atom. The van der Waals surface area contributed by atoms with Crippen LogP contribution in [0.4, 0.5) is 5.69 Å². The van der Waals surface area contributed by atoms with Gasteiger partial charge in [0.1, 0.15) is 11.3 Å². The lowest BCUT2D eigenvalue weighted by atomic mass is 10.1. The highest BCUT2D eigenvalue weighted by Crippen LogP contribution is 2.19. The number of aromatic nitrogens is 1. The van der Waals surface area contributed by atoms with Crippen molar-refractivity contribution < 1.29 is 19.1 Å². The number of benzene rings is 2. The quantitative estimate of drug-likeness (QED) is 0.577. The summed E-state index contributed by atoms with van der Waals surface area (Å²) in [7, 11) is 0. The fourth-order valence-electron chi connectivity index (χ4n) is 2.97. The number of fused-ring (bicyclic) bond motifs is 1. The Balaban J connectivity index is 1.83. The van der Waals surface area contributed by atoms with Crippen LogP contribution in [0.3, 0.4) is 0 Å². The first kappa shape index (κ1) is 21.4. The van der Waals surface area contributed by atoms with Crippen LogP contribution in [0, 0.1) is 0 Å². The van der Waals surface area contributed by atoms with Crippen molar-refractivity contribution in [1.29, 1.82) is 0 Å². The summed E-state index contributed by atoms with van der Waals surface area (Å²) in [5.74, 6) is -0.544. The number of esters is 1. The molecule has 0 saturated carbocycles. The molecule has 0 aliphatic carbocycles. The number of nitrogens with one attached hydrogen (secondary N) is 1. The van der Waals surface area contributed by atoms with Gasteiger partial charge in [-0.1, -0.05) is 11.6 Å². The molecule has 1 amide bonds. The molecule has 7 nitrogen and oxygen atoms in total. The lowest BCUT2D eigenvalue weighted by molar-refractivity contribution is -0.118. The second kappa shape index (κ2) is 9.45. The maximum absolute atomic E-state index is 12.8. The van der Waals surface area contributed by atoms with Gasteiger partial charge in [-0.3, -0.25) is 9.59 Å². The molecule has 3 rings (SSSR count). The van der Waals surface area contributed by atoms with E-state index in [2.05, 4.69) is 5.32 Å². The third kappa shape index (κ3) is 4.80. The Labute approximate surface area is 178 Å². The van der Waals surface area contributed by atoms with E-state index in [1.807, 2.05) is 6.92 Å². The Hall–Kier alpha value is -3.32. The molecular weight excluding hydrogens is 408 g/mol. The van der Waals surface area contributed by atoms with Gasteiger partial charge in [0.15, 0.2) is 6.61 Å². The number of amides is 1. The number of halogens is 1. The monoisotopic (exact) mass is 428 g/mol. The smallest absolute Gasteiger partial charge is 0.343 e. The lowest BCUT2D eigenvalue weighted by Crippen LogP contribution is -2.22. The topological polar surface area (TPSA) is 86.6 Å². The van der Waals surface area contributed by atoms with Crippen molar-refractivity contribution in [3.63, 3.8) is 0 Å². The number of carbonyl (C=O) groups is 2. The van der Waals surface area contributed by atoms with Gasteiger partial charge in [-0.2, -0.15) is 0 Å². The zero-order valence-electron chi connectivity index (χ0n) is 16.6. The maximum atomic E-state index is 12.8. The number of ether oxygens (including phenoxy) is 2. The molecule has 30 heavy (non-hydrogen) atoms. The minimum atomic E-state index is -0.669. The van der Waals surface area contributed by atoms with Crippen LogP contribution < -0.4 is 15.5 Å². The largest absolute Gasteiger partial charge is 0.484 e. The van der Waals surface area contributed by atoms with E-state index in [1.54, 1.807) is 54.0 Å². The molecule has 0 atom stereocenters. The first-order chi connectivity index (χ1) is 14.4. The van der Waals surface area contributed by atoms with Gasteiger partial charge in [0.2, 0.25) is 5.43 Å². The normalized spacial score (nSPS) is 10.6. The van der Waals surface area contributed by atoms with Crippen molar-refractivity contribution in [2.45, 2.75) is 20.4 Å². The highest BCUT2D eigenvalue weighted by Gasteiger charge is 2.17. The van der Waals surface area contributed by atoms with Gasteiger partial charge in [0, 0.05) is 28.8 Å². The van der Waals surface area contributed by atoms with Gasteiger partial charge in [-0.05, 0) is 56.3 Å². The van der Waals surface area contributed by atoms with Crippen molar-refractivity contribution in [3.05, 3.63) is 69.5 Å². The first-order valence-electron chi connectivity index (χ1n) is 9.45. The fourth-order valence-corrected chi connectivity index (χ4v) is 3.09. The Morgan fingerprint density at radius 1 is 1.10 bits per heavy atom. The Kier molecular flexibility index (Phi) is 6.74. The minimum Gasteiger partial charge on any atom is -0.484 e. The summed E-state index contributed by atoms with van der Waals surface area (Å²) < 4.78 is 12.2. The molecule has 8 heteroatoms. The van der Waals surface area contributed by atoms with Crippen LogP contribution in [0.15, 0.2) is 53.5 Å². The molecule has 0 radical (unpaired) electrons. The molecule has 156 valence electrons.